The Bertz CT molecular complexity index is 135. The van der Waals surface area contributed by atoms with Gasteiger partial charge in [-0.25, -0.2) is 0 Å². The Kier molecular flexibility index (Phi) is 6.11. The summed E-state index contributed by atoms with van der Waals surface area (Å²) < 4.78 is 9.96. The molecule has 0 amide bonds. The van der Waals surface area contributed by atoms with Gasteiger partial charge in [0.15, 0.2) is 5.90 Å². The van der Waals surface area contributed by atoms with Crippen molar-refractivity contribution in [3.05, 3.63) is 0 Å². The number of hydrogen-bond acceptors (Lipinski definition) is 3. The SMILES string of the molecule is COC(=N)CCC1CCOC1.Cl. The standard InChI is InChI=1S/C8H15NO2.ClH/c1-10-8(9)3-2-7-4-5-11-6-7;/h7,9H,2-6H2,1H3;1H. The zero-order chi connectivity index (χ0) is 8.10. The molecule has 12 heavy (non-hydrogen) atoms. The molecule has 1 atom stereocenters. The number of halogens is 1. The molecule has 1 aliphatic rings. The fraction of sp³-hybridized carbons (Fsp3) is 0.875. The lowest BCUT2D eigenvalue weighted by molar-refractivity contribution is 0.184. The van der Waals surface area contributed by atoms with Crippen molar-refractivity contribution < 1.29 is 9.47 Å². The molecule has 0 aliphatic carbocycles. The highest BCUT2D eigenvalue weighted by molar-refractivity contribution is 5.85. The lowest BCUT2D eigenvalue weighted by atomic mass is 10.0. The average molecular weight is 194 g/mol. The Hall–Kier alpha value is -0.280. The minimum Gasteiger partial charge on any atom is -0.484 e. The van der Waals surface area contributed by atoms with Gasteiger partial charge in [-0.2, -0.15) is 0 Å². The molecule has 4 heteroatoms. The summed E-state index contributed by atoms with van der Waals surface area (Å²) in [6.45, 7) is 1.77. The third-order valence-electron chi connectivity index (χ3n) is 2.05. The van der Waals surface area contributed by atoms with Gasteiger partial charge in [-0.05, 0) is 18.8 Å². The van der Waals surface area contributed by atoms with Gasteiger partial charge in [-0.15, -0.1) is 12.4 Å². The smallest absolute Gasteiger partial charge is 0.180 e. The van der Waals surface area contributed by atoms with Crippen LogP contribution in [0.3, 0.4) is 0 Å². The summed E-state index contributed by atoms with van der Waals surface area (Å²) in [5.74, 6) is 1.04. The van der Waals surface area contributed by atoms with Gasteiger partial charge in [0.2, 0.25) is 0 Å². The van der Waals surface area contributed by atoms with E-state index in [1.54, 1.807) is 7.11 Å². The Morgan fingerprint density at radius 2 is 2.42 bits per heavy atom. The number of rotatable bonds is 3. The van der Waals surface area contributed by atoms with E-state index in [9.17, 15) is 0 Å². The number of hydrogen-bond donors (Lipinski definition) is 1. The second-order valence-corrected chi connectivity index (χ2v) is 2.90. The molecule has 0 saturated carbocycles. The van der Waals surface area contributed by atoms with Gasteiger partial charge in [0.1, 0.15) is 0 Å². The summed E-state index contributed by atoms with van der Waals surface area (Å²) in [4.78, 5) is 0. The van der Waals surface area contributed by atoms with E-state index in [0.717, 1.165) is 32.5 Å². The van der Waals surface area contributed by atoms with E-state index in [-0.39, 0.29) is 12.4 Å². The summed E-state index contributed by atoms with van der Waals surface area (Å²) in [5.41, 5.74) is 0. The van der Waals surface area contributed by atoms with Crippen LogP contribution in [0.1, 0.15) is 19.3 Å². The quantitative estimate of drug-likeness (QED) is 0.549. The van der Waals surface area contributed by atoms with Crippen molar-refractivity contribution in [3.8, 4) is 0 Å². The van der Waals surface area contributed by atoms with E-state index in [0.29, 0.717) is 11.8 Å². The Balaban J connectivity index is 0.00000121. The molecule has 1 saturated heterocycles. The molecule has 1 heterocycles. The molecule has 1 unspecified atom stereocenters. The first kappa shape index (κ1) is 11.7. The second-order valence-electron chi connectivity index (χ2n) is 2.90. The van der Waals surface area contributed by atoms with Crippen molar-refractivity contribution in [2.45, 2.75) is 19.3 Å². The van der Waals surface area contributed by atoms with Crippen molar-refractivity contribution in [2.75, 3.05) is 20.3 Å². The van der Waals surface area contributed by atoms with Gasteiger partial charge in [0.25, 0.3) is 0 Å². The van der Waals surface area contributed by atoms with Gasteiger partial charge in [-0.3, -0.25) is 5.41 Å². The summed E-state index contributed by atoms with van der Waals surface area (Å²) in [6, 6.07) is 0. The largest absolute Gasteiger partial charge is 0.484 e. The van der Waals surface area contributed by atoms with E-state index in [1.807, 2.05) is 0 Å². The van der Waals surface area contributed by atoms with E-state index in [4.69, 9.17) is 14.9 Å². The highest BCUT2D eigenvalue weighted by Crippen LogP contribution is 2.17. The molecular weight excluding hydrogens is 178 g/mol. The van der Waals surface area contributed by atoms with Gasteiger partial charge < -0.3 is 9.47 Å². The van der Waals surface area contributed by atoms with Crippen molar-refractivity contribution in [2.24, 2.45) is 5.92 Å². The fourth-order valence-electron chi connectivity index (χ4n) is 1.25. The maximum atomic E-state index is 7.24. The van der Waals surface area contributed by atoms with Crippen LogP contribution < -0.4 is 0 Å². The Morgan fingerprint density at radius 1 is 1.67 bits per heavy atom. The molecule has 3 nitrogen and oxygen atoms in total. The van der Waals surface area contributed by atoms with E-state index < -0.39 is 0 Å². The zero-order valence-corrected chi connectivity index (χ0v) is 8.15. The molecule has 1 fully saturated rings. The van der Waals surface area contributed by atoms with Crippen LogP contribution in [-0.2, 0) is 9.47 Å². The number of methoxy groups -OCH3 is 1. The van der Waals surface area contributed by atoms with Crippen molar-refractivity contribution >= 4 is 18.3 Å². The minimum absolute atomic E-state index is 0. The van der Waals surface area contributed by atoms with E-state index in [1.165, 1.54) is 0 Å². The molecular formula is C8H16ClNO2. The lowest BCUT2D eigenvalue weighted by Gasteiger charge is -2.06. The molecule has 0 radical (unpaired) electrons. The number of ether oxygens (including phenoxy) is 2. The monoisotopic (exact) mass is 193 g/mol. The van der Waals surface area contributed by atoms with Gasteiger partial charge in [0, 0.05) is 19.6 Å². The highest BCUT2D eigenvalue weighted by atomic mass is 35.5. The van der Waals surface area contributed by atoms with Crippen LogP contribution in [0.5, 0.6) is 0 Å². The summed E-state index contributed by atoms with van der Waals surface area (Å²) in [7, 11) is 1.55. The lowest BCUT2D eigenvalue weighted by Crippen LogP contribution is -2.05. The van der Waals surface area contributed by atoms with Crippen LogP contribution in [0.4, 0.5) is 0 Å². The van der Waals surface area contributed by atoms with Crippen LogP contribution in [0, 0.1) is 11.3 Å². The first-order valence-corrected chi connectivity index (χ1v) is 4.02. The molecule has 0 aromatic carbocycles. The van der Waals surface area contributed by atoms with Crippen LogP contribution in [0.25, 0.3) is 0 Å². The van der Waals surface area contributed by atoms with Crippen molar-refractivity contribution in [3.63, 3.8) is 0 Å². The molecule has 1 aliphatic heterocycles. The molecule has 0 spiro atoms. The maximum absolute atomic E-state index is 7.24. The van der Waals surface area contributed by atoms with Crippen molar-refractivity contribution in [1.82, 2.24) is 0 Å². The van der Waals surface area contributed by atoms with Crippen molar-refractivity contribution in [1.29, 1.82) is 5.41 Å². The first-order chi connectivity index (χ1) is 5.33. The number of nitrogens with one attached hydrogen (secondary N) is 1. The summed E-state index contributed by atoms with van der Waals surface area (Å²) in [5, 5.41) is 7.24. The summed E-state index contributed by atoms with van der Waals surface area (Å²) in [6.07, 6.45) is 2.94. The van der Waals surface area contributed by atoms with Gasteiger partial charge in [0.05, 0.1) is 7.11 Å². The first-order valence-electron chi connectivity index (χ1n) is 4.02. The fourth-order valence-corrected chi connectivity index (χ4v) is 1.25. The predicted molar refractivity (Wildman–Crippen MR) is 50.1 cm³/mol. The topological polar surface area (TPSA) is 42.3 Å². The third kappa shape index (κ3) is 3.93. The summed E-state index contributed by atoms with van der Waals surface area (Å²) >= 11 is 0. The highest BCUT2D eigenvalue weighted by Gasteiger charge is 2.15. The van der Waals surface area contributed by atoms with Gasteiger partial charge >= 0.3 is 0 Å². The zero-order valence-electron chi connectivity index (χ0n) is 7.34. The van der Waals surface area contributed by atoms with Gasteiger partial charge in [-0.1, -0.05) is 0 Å². The van der Waals surface area contributed by atoms with Crippen LogP contribution in [0.2, 0.25) is 0 Å². The second kappa shape index (κ2) is 6.26. The molecule has 1 rings (SSSR count). The van der Waals surface area contributed by atoms with Crippen LogP contribution in [0.15, 0.2) is 0 Å². The Morgan fingerprint density at radius 3 is 2.92 bits per heavy atom. The third-order valence-corrected chi connectivity index (χ3v) is 2.05. The molecule has 1 N–H and O–H groups in total. The van der Waals surface area contributed by atoms with E-state index in [2.05, 4.69) is 0 Å². The average Bonchev–Trinajstić information content (AvgIpc) is 2.52. The molecule has 0 bridgehead atoms. The Labute approximate surface area is 79.4 Å². The maximum Gasteiger partial charge on any atom is 0.180 e. The molecule has 0 aromatic heterocycles. The van der Waals surface area contributed by atoms with Crippen LogP contribution in [-0.4, -0.2) is 26.2 Å². The minimum atomic E-state index is 0. The normalized spacial score (nSPS) is 21.6. The molecule has 72 valence electrons. The predicted octanol–water partition coefficient (Wildman–Crippen LogP) is 1.85. The molecule has 0 aromatic rings. The van der Waals surface area contributed by atoms with Crippen LogP contribution >= 0.6 is 12.4 Å². The van der Waals surface area contributed by atoms with E-state index >= 15 is 0 Å².